The van der Waals surface area contributed by atoms with E-state index in [0.29, 0.717) is 34.5 Å². The van der Waals surface area contributed by atoms with Crippen LogP contribution >= 0.6 is 0 Å². The molecule has 1 saturated heterocycles. The van der Waals surface area contributed by atoms with Crippen molar-refractivity contribution >= 4 is 28.5 Å². The first-order valence-electron chi connectivity index (χ1n) is 13.6. The van der Waals surface area contributed by atoms with E-state index in [4.69, 9.17) is 24.2 Å². The largest absolute Gasteiger partial charge is 0.493 e. The van der Waals surface area contributed by atoms with Crippen LogP contribution in [0.1, 0.15) is 12.8 Å². The van der Waals surface area contributed by atoms with Crippen LogP contribution in [0.5, 0.6) is 17.2 Å². The third kappa shape index (κ3) is 5.14. The van der Waals surface area contributed by atoms with E-state index >= 15 is 0 Å². The third-order valence-corrected chi connectivity index (χ3v) is 7.46. The van der Waals surface area contributed by atoms with Crippen molar-refractivity contribution in [2.45, 2.75) is 18.9 Å². The molecule has 11 heteroatoms. The molecule has 0 bridgehead atoms. The lowest BCUT2D eigenvalue weighted by Crippen LogP contribution is -2.33. The van der Waals surface area contributed by atoms with Crippen LogP contribution in [0.15, 0.2) is 67.1 Å². The van der Waals surface area contributed by atoms with Gasteiger partial charge in [-0.15, -0.1) is 0 Å². The van der Waals surface area contributed by atoms with Gasteiger partial charge in [0.25, 0.3) is 0 Å². The van der Waals surface area contributed by atoms with Crippen molar-refractivity contribution in [3.63, 3.8) is 0 Å². The standard InChI is InChI=1S/C31H31FN6O4/c1-40-26-14-23(15-27(41-2)29(26)42-3)37-16-28(33-18-37)35-31-34-25-13-20(19-6-4-7-21(32)12-19)9-10-24(25)30(36-31)38-11-5-8-22(38)17-39/h4,6-7,9-10,12-16,18,22,39H,5,8,11,17H2,1-3H3,(H,34,35,36). The Kier molecular flexibility index (Phi) is 7.49. The summed E-state index contributed by atoms with van der Waals surface area (Å²) >= 11 is 0. The smallest absolute Gasteiger partial charge is 0.230 e. The molecule has 1 atom stereocenters. The molecule has 0 spiro atoms. The molecule has 1 aliphatic heterocycles. The number of aliphatic hydroxyl groups excluding tert-OH is 1. The summed E-state index contributed by atoms with van der Waals surface area (Å²) in [7, 11) is 4.69. The molecule has 216 valence electrons. The van der Waals surface area contributed by atoms with Crippen LogP contribution in [0.2, 0.25) is 0 Å². The quantitative estimate of drug-likeness (QED) is 0.242. The van der Waals surface area contributed by atoms with Crippen LogP contribution in [0, 0.1) is 5.82 Å². The molecule has 3 heterocycles. The minimum Gasteiger partial charge on any atom is -0.493 e. The number of fused-ring (bicyclic) bond motifs is 1. The molecule has 0 amide bonds. The first kappa shape index (κ1) is 27.3. The summed E-state index contributed by atoms with van der Waals surface area (Å²) in [5, 5.41) is 14.1. The number of hydrogen-bond donors (Lipinski definition) is 2. The summed E-state index contributed by atoms with van der Waals surface area (Å²) in [4.78, 5) is 16.3. The highest BCUT2D eigenvalue weighted by molar-refractivity contribution is 5.94. The Balaban J connectivity index is 1.39. The lowest BCUT2D eigenvalue weighted by molar-refractivity contribution is 0.266. The number of aromatic nitrogens is 4. The second-order valence-corrected chi connectivity index (χ2v) is 9.96. The SMILES string of the molecule is COc1cc(-n2cnc(Nc3nc(N4CCCC4CO)c4ccc(-c5cccc(F)c5)cc4n3)c2)cc(OC)c1OC. The van der Waals surface area contributed by atoms with E-state index in [9.17, 15) is 9.50 Å². The van der Waals surface area contributed by atoms with E-state index < -0.39 is 0 Å². The second-order valence-electron chi connectivity index (χ2n) is 9.96. The van der Waals surface area contributed by atoms with Crippen LogP contribution in [0.4, 0.5) is 22.0 Å². The molecule has 1 aliphatic rings. The molecule has 42 heavy (non-hydrogen) atoms. The lowest BCUT2D eigenvalue weighted by atomic mass is 10.0. The number of anilines is 3. The summed E-state index contributed by atoms with van der Waals surface area (Å²) in [6.45, 7) is 0.813. The Hall–Kier alpha value is -4.90. The lowest BCUT2D eigenvalue weighted by Gasteiger charge is -2.26. The number of methoxy groups -OCH3 is 3. The van der Waals surface area contributed by atoms with Crippen LogP contribution < -0.4 is 24.4 Å². The average Bonchev–Trinajstić information content (AvgIpc) is 3.69. The fourth-order valence-electron chi connectivity index (χ4n) is 5.40. The van der Waals surface area contributed by atoms with Gasteiger partial charge in [0, 0.05) is 24.1 Å². The highest BCUT2D eigenvalue weighted by Crippen LogP contribution is 2.39. The van der Waals surface area contributed by atoms with Gasteiger partial charge in [-0.1, -0.05) is 18.2 Å². The van der Waals surface area contributed by atoms with Gasteiger partial charge in [0.1, 0.15) is 18.0 Å². The van der Waals surface area contributed by atoms with Gasteiger partial charge in [-0.25, -0.2) is 14.4 Å². The van der Waals surface area contributed by atoms with Crippen molar-refractivity contribution < 1.29 is 23.7 Å². The number of rotatable bonds is 9. The number of hydrogen-bond acceptors (Lipinski definition) is 9. The Morgan fingerprint density at radius 2 is 1.76 bits per heavy atom. The zero-order valence-corrected chi connectivity index (χ0v) is 23.5. The maximum atomic E-state index is 14.0. The molecule has 0 radical (unpaired) electrons. The van der Waals surface area contributed by atoms with E-state index in [1.54, 1.807) is 33.7 Å². The zero-order valence-electron chi connectivity index (χ0n) is 23.5. The normalized spacial score (nSPS) is 14.8. The molecule has 2 N–H and O–H groups in total. The molecule has 1 fully saturated rings. The van der Waals surface area contributed by atoms with E-state index in [-0.39, 0.29) is 18.5 Å². The number of halogens is 1. The summed E-state index contributed by atoms with van der Waals surface area (Å²) < 4.78 is 32.2. The van der Waals surface area contributed by atoms with Crippen molar-refractivity contribution in [3.05, 3.63) is 72.9 Å². The number of imidazole rings is 1. The van der Waals surface area contributed by atoms with Crippen LogP contribution in [0.3, 0.4) is 0 Å². The van der Waals surface area contributed by atoms with E-state index in [0.717, 1.165) is 47.4 Å². The molecule has 1 unspecified atom stereocenters. The molecule has 0 saturated carbocycles. The maximum Gasteiger partial charge on any atom is 0.230 e. The predicted octanol–water partition coefficient (Wildman–Crippen LogP) is 5.35. The van der Waals surface area contributed by atoms with Crippen LogP contribution in [0.25, 0.3) is 27.7 Å². The van der Waals surface area contributed by atoms with E-state index in [2.05, 4.69) is 15.2 Å². The summed E-state index contributed by atoms with van der Waals surface area (Å²) in [6, 6.07) is 15.9. The van der Waals surface area contributed by atoms with Gasteiger partial charge in [0.15, 0.2) is 17.3 Å². The van der Waals surface area contributed by atoms with Gasteiger partial charge >= 0.3 is 0 Å². The second kappa shape index (κ2) is 11.5. The van der Waals surface area contributed by atoms with Crippen molar-refractivity contribution in [2.75, 3.05) is 44.7 Å². The first-order chi connectivity index (χ1) is 20.5. The molecular formula is C31H31FN6O4. The minimum atomic E-state index is -0.302. The van der Waals surface area contributed by atoms with Gasteiger partial charge in [-0.2, -0.15) is 4.98 Å². The van der Waals surface area contributed by atoms with Crippen molar-refractivity contribution in [1.82, 2.24) is 19.5 Å². The maximum absolute atomic E-state index is 14.0. The van der Waals surface area contributed by atoms with Gasteiger partial charge in [0.05, 0.1) is 51.4 Å². The molecular weight excluding hydrogens is 539 g/mol. The van der Waals surface area contributed by atoms with Gasteiger partial charge < -0.3 is 34.1 Å². The van der Waals surface area contributed by atoms with Gasteiger partial charge in [-0.05, 0) is 48.2 Å². The number of ether oxygens (including phenoxy) is 3. The van der Waals surface area contributed by atoms with Crippen molar-refractivity contribution in [3.8, 4) is 34.1 Å². The topological polar surface area (TPSA) is 107 Å². The molecule has 0 aliphatic carbocycles. The van der Waals surface area contributed by atoms with Crippen molar-refractivity contribution in [1.29, 1.82) is 0 Å². The molecule has 2 aromatic heterocycles. The Morgan fingerprint density at radius 3 is 2.48 bits per heavy atom. The van der Waals surface area contributed by atoms with Crippen molar-refractivity contribution in [2.24, 2.45) is 0 Å². The molecule has 10 nitrogen and oxygen atoms in total. The highest BCUT2D eigenvalue weighted by atomic mass is 19.1. The van der Waals surface area contributed by atoms with Gasteiger partial charge in [0.2, 0.25) is 11.7 Å². The zero-order chi connectivity index (χ0) is 29.2. The minimum absolute atomic E-state index is 0.0295. The number of nitrogens with zero attached hydrogens (tertiary/aromatic N) is 5. The predicted molar refractivity (Wildman–Crippen MR) is 159 cm³/mol. The fourth-order valence-corrected chi connectivity index (χ4v) is 5.40. The number of benzene rings is 3. The first-order valence-corrected chi connectivity index (χ1v) is 13.6. The summed E-state index contributed by atoms with van der Waals surface area (Å²) in [6.07, 6.45) is 5.31. The highest BCUT2D eigenvalue weighted by Gasteiger charge is 2.27. The van der Waals surface area contributed by atoms with E-state index in [1.165, 1.54) is 12.1 Å². The number of aliphatic hydroxyl groups is 1. The van der Waals surface area contributed by atoms with Crippen LogP contribution in [-0.4, -0.2) is 65.1 Å². The molecule has 6 rings (SSSR count). The monoisotopic (exact) mass is 570 g/mol. The summed E-state index contributed by atoms with van der Waals surface area (Å²) in [5.74, 6) is 2.85. The Labute approximate surface area is 242 Å². The fraction of sp³-hybridized carbons (Fsp3) is 0.258. The summed E-state index contributed by atoms with van der Waals surface area (Å²) in [5.41, 5.74) is 3.04. The van der Waals surface area contributed by atoms with Crippen LogP contribution in [-0.2, 0) is 0 Å². The molecule has 5 aromatic rings. The Bertz CT molecular complexity index is 1720. The third-order valence-electron chi connectivity index (χ3n) is 7.46. The van der Waals surface area contributed by atoms with Gasteiger partial charge in [-0.3, -0.25) is 0 Å². The number of nitrogens with one attached hydrogen (secondary N) is 1. The van der Waals surface area contributed by atoms with E-state index in [1.807, 2.05) is 47.2 Å². The Morgan fingerprint density at radius 1 is 0.976 bits per heavy atom. The molecule has 3 aromatic carbocycles. The average molecular weight is 571 g/mol.